The SMILES string of the molecule is c1ccc(-c2c3ccccc3c(-c3cccc(-c4ccc5c(c4)oc4c5ccc5c4ccc4c6ccccc6oc45)c3)c3ccccc23)cc1. The van der Waals surface area contributed by atoms with Crippen LogP contribution in [-0.2, 0) is 0 Å². The molecule has 0 aliphatic heterocycles. The van der Waals surface area contributed by atoms with Crippen molar-refractivity contribution in [3.8, 4) is 33.4 Å². The minimum absolute atomic E-state index is 0.878. The fraction of sp³-hybridized carbons (Fsp3) is 0. The Labute approximate surface area is 287 Å². The van der Waals surface area contributed by atoms with Gasteiger partial charge in [-0.3, -0.25) is 0 Å². The van der Waals surface area contributed by atoms with Crippen molar-refractivity contribution in [3.05, 3.63) is 170 Å². The molecule has 0 spiro atoms. The van der Waals surface area contributed by atoms with Crippen LogP contribution in [0.25, 0.3) is 110 Å². The van der Waals surface area contributed by atoms with E-state index in [9.17, 15) is 0 Å². The quantitative estimate of drug-likeness (QED) is 0.180. The summed E-state index contributed by atoms with van der Waals surface area (Å²) in [7, 11) is 0. The van der Waals surface area contributed by atoms with E-state index >= 15 is 0 Å². The van der Waals surface area contributed by atoms with E-state index in [1.54, 1.807) is 0 Å². The maximum absolute atomic E-state index is 6.69. The highest BCUT2D eigenvalue weighted by Crippen LogP contribution is 2.45. The van der Waals surface area contributed by atoms with E-state index in [0.29, 0.717) is 0 Å². The predicted molar refractivity (Wildman–Crippen MR) is 210 cm³/mol. The van der Waals surface area contributed by atoms with Crippen LogP contribution < -0.4 is 0 Å². The molecule has 11 rings (SSSR count). The van der Waals surface area contributed by atoms with E-state index in [-0.39, 0.29) is 0 Å². The predicted octanol–water partition coefficient (Wildman–Crippen LogP) is 13.9. The lowest BCUT2D eigenvalue weighted by Gasteiger charge is -2.18. The summed E-state index contributed by atoms with van der Waals surface area (Å²) in [5.41, 5.74) is 10.8. The fourth-order valence-electron chi connectivity index (χ4n) is 8.21. The Balaban J connectivity index is 1.08. The molecule has 9 aromatic carbocycles. The van der Waals surface area contributed by atoms with Crippen molar-refractivity contribution >= 4 is 76.2 Å². The highest BCUT2D eigenvalue weighted by atomic mass is 16.3. The molecule has 0 bridgehead atoms. The first kappa shape index (κ1) is 27.3. The molecule has 0 atom stereocenters. The van der Waals surface area contributed by atoms with Gasteiger partial charge in [-0.2, -0.15) is 0 Å². The van der Waals surface area contributed by atoms with Gasteiger partial charge in [-0.25, -0.2) is 0 Å². The van der Waals surface area contributed by atoms with Gasteiger partial charge in [0.1, 0.15) is 22.3 Å². The topological polar surface area (TPSA) is 26.3 Å². The van der Waals surface area contributed by atoms with Crippen LogP contribution in [0.1, 0.15) is 0 Å². The molecule has 0 N–H and O–H groups in total. The monoisotopic (exact) mass is 636 g/mol. The van der Waals surface area contributed by atoms with Crippen LogP contribution in [0.4, 0.5) is 0 Å². The van der Waals surface area contributed by atoms with Gasteiger partial charge in [0, 0.05) is 32.3 Å². The van der Waals surface area contributed by atoms with Gasteiger partial charge in [0.05, 0.1) is 0 Å². The average Bonchev–Trinajstić information content (AvgIpc) is 3.76. The van der Waals surface area contributed by atoms with Gasteiger partial charge in [0.25, 0.3) is 0 Å². The summed E-state index contributed by atoms with van der Waals surface area (Å²) in [5, 5.41) is 11.6. The lowest BCUT2D eigenvalue weighted by molar-refractivity contribution is 0.669. The van der Waals surface area contributed by atoms with Gasteiger partial charge >= 0.3 is 0 Å². The Kier molecular flexibility index (Phi) is 5.70. The number of benzene rings is 9. The van der Waals surface area contributed by atoms with Gasteiger partial charge in [-0.05, 0) is 103 Å². The minimum atomic E-state index is 0.878. The summed E-state index contributed by atoms with van der Waals surface area (Å²) in [4.78, 5) is 0. The third-order valence-corrected chi connectivity index (χ3v) is 10.5. The molecular weight excluding hydrogens is 609 g/mol. The van der Waals surface area contributed by atoms with Gasteiger partial charge in [-0.1, -0.05) is 121 Å². The molecule has 50 heavy (non-hydrogen) atoms. The van der Waals surface area contributed by atoms with Crippen LogP contribution >= 0.6 is 0 Å². The maximum atomic E-state index is 6.69. The van der Waals surface area contributed by atoms with Crippen molar-refractivity contribution < 1.29 is 8.83 Å². The molecule has 2 heterocycles. The highest BCUT2D eigenvalue weighted by molar-refractivity contribution is 6.23. The molecule has 232 valence electrons. The van der Waals surface area contributed by atoms with Crippen molar-refractivity contribution in [1.29, 1.82) is 0 Å². The number of furan rings is 2. The highest BCUT2D eigenvalue weighted by Gasteiger charge is 2.18. The molecule has 0 unspecified atom stereocenters. The second kappa shape index (κ2) is 10.4. The third-order valence-electron chi connectivity index (χ3n) is 10.5. The molecule has 11 aromatic rings. The molecule has 2 aromatic heterocycles. The van der Waals surface area contributed by atoms with Crippen LogP contribution in [0.15, 0.2) is 179 Å². The molecule has 0 saturated carbocycles. The standard InChI is InChI=1S/C48H28O2/c1-2-11-29(12-3-1)45-35-16-4-6-18-37(35)46(38-19-7-5-17-36(38)45)32-14-10-13-30(27-32)31-21-22-34-40-24-26-41-42(48(40)50-44(34)28-31)25-23-39-33-15-8-9-20-43(33)49-47(39)41/h1-28H. The van der Waals surface area contributed by atoms with E-state index in [1.807, 2.05) is 12.1 Å². The Bertz CT molecular complexity index is 3080. The Hall–Kier alpha value is -6.64. The van der Waals surface area contributed by atoms with Crippen molar-refractivity contribution in [2.24, 2.45) is 0 Å². The second-order valence-electron chi connectivity index (χ2n) is 13.2. The summed E-state index contributed by atoms with van der Waals surface area (Å²) in [6, 6.07) is 60.9. The summed E-state index contributed by atoms with van der Waals surface area (Å²) in [6.07, 6.45) is 0. The summed E-state index contributed by atoms with van der Waals surface area (Å²) in [5.74, 6) is 0. The smallest absolute Gasteiger partial charge is 0.143 e. The summed E-state index contributed by atoms with van der Waals surface area (Å²) < 4.78 is 13.0. The first-order valence-electron chi connectivity index (χ1n) is 17.1. The molecule has 0 fully saturated rings. The second-order valence-corrected chi connectivity index (χ2v) is 13.2. The number of fused-ring (bicyclic) bond motifs is 11. The maximum Gasteiger partial charge on any atom is 0.143 e. The van der Waals surface area contributed by atoms with E-state index in [2.05, 4.69) is 158 Å². The van der Waals surface area contributed by atoms with Gasteiger partial charge in [0.2, 0.25) is 0 Å². The molecule has 0 aliphatic rings. The van der Waals surface area contributed by atoms with Crippen LogP contribution in [-0.4, -0.2) is 0 Å². The number of rotatable bonds is 3. The Morgan fingerprint density at radius 3 is 1.30 bits per heavy atom. The molecule has 0 aliphatic carbocycles. The molecule has 0 amide bonds. The van der Waals surface area contributed by atoms with E-state index in [1.165, 1.54) is 43.8 Å². The van der Waals surface area contributed by atoms with Crippen molar-refractivity contribution in [1.82, 2.24) is 0 Å². The van der Waals surface area contributed by atoms with Gasteiger partial charge in [-0.15, -0.1) is 0 Å². The average molecular weight is 637 g/mol. The lowest BCUT2D eigenvalue weighted by Crippen LogP contribution is -1.91. The van der Waals surface area contributed by atoms with E-state index in [4.69, 9.17) is 8.83 Å². The molecule has 2 heteroatoms. The molecule has 0 radical (unpaired) electrons. The Morgan fingerprint density at radius 2 is 0.660 bits per heavy atom. The summed E-state index contributed by atoms with van der Waals surface area (Å²) >= 11 is 0. The van der Waals surface area contributed by atoms with Crippen molar-refractivity contribution in [2.75, 3.05) is 0 Å². The zero-order valence-corrected chi connectivity index (χ0v) is 27.0. The minimum Gasteiger partial charge on any atom is -0.455 e. The van der Waals surface area contributed by atoms with Crippen LogP contribution in [0.3, 0.4) is 0 Å². The van der Waals surface area contributed by atoms with Gasteiger partial charge < -0.3 is 8.83 Å². The largest absolute Gasteiger partial charge is 0.455 e. The number of hydrogen-bond acceptors (Lipinski definition) is 2. The Morgan fingerprint density at radius 1 is 0.240 bits per heavy atom. The lowest BCUT2D eigenvalue weighted by atomic mass is 9.85. The number of para-hydroxylation sites is 1. The first-order valence-corrected chi connectivity index (χ1v) is 17.1. The molecule has 2 nitrogen and oxygen atoms in total. The van der Waals surface area contributed by atoms with Crippen molar-refractivity contribution in [3.63, 3.8) is 0 Å². The zero-order valence-electron chi connectivity index (χ0n) is 27.0. The van der Waals surface area contributed by atoms with Crippen LogP contribution in [0.2, 0.25) is 0 Å². The molecular formula is C48H28O2. The fourth-order valence-corrected chi connectivity index (χ4v) is 8.21. The normalized spacial score (nSPS) is 12.0. The van der Waals surface area contributed by atoms with E-state index in [0.717, 1.165) is 65.8 Å². The van der Waals surface area contributed by atoms with Crippen molar-refractivity contribution in [2.45, 2.75) is 0 Å². The van der Waals surface area contributed by atoms with E-state index < -0.39 is 0 Å². The van der Waals surface area contributed by atoms with Crippen LogP contribution in [0.5, 0.6) is 0 Å². The number of hydrogen-bond donors (Lipinski definition) is 0. The van der Waals surface area contributed by atoms with Crippen LogP contribution in [0, 0.1) is 0 Å². The third kappa shape index (κ3) is 3.90. The summed E-state index contributed by atoms with van der Waals surface area (Å²) in [6.45, 7) is 0. The first-order chi connectivity index (χ1) is 24.8. The zero-order chi connectivity index (χ0) is 32.8. The van der Waals surface area contributed by atoms with Gasteiger partial charge in [0.15, 0.2) is 0 Å². The molecule has 0 saturated heterocycles.